The quantitative estimate of drug-likeness (QED) is 0.667. The van der Waals surface area contributed by atoms with Crippen molar-refractivity contribution in [2.45, 2.75) is 26.3 Å². The van der Waals surface area contributed by atoms with Crippen LogP contribution in [0, 0.1) is 5.92 Å². The molecule has 0 saturated carbocycles. The van der Waals surface area contributed by atoms with Crippen LogP contribution in [0.4, 0.5) is 5.69 Å². The number of piperazine rings is 1. The fourth-order valence-corrected chi connectivity index (χ4v) is 2.97. The number of esters is 1. The molecule has 2 amide bonds. The Balaban J connectivity index is 1.99. The van der Waals surface area contributed by atoms with Gasteiger partial charge in [0, 0.05) is 13.1 Å². The molecule has 0 aliphatic carbocycles. The Kier molecular flexibility index (Phi) is 7.74. The summed E-state index contributed by atoms with van der Waals surface area (Å²) in [7, 11) is 0. The van der Waals surface area contributed by atoms with Crippen LogP contribution in [0.15, 0.2) is 18.2 Å². The van der Waals surface area contributed by atoms with Crippen LogP contribution in [0.5, 0.6) is 0 Å². The van der Waals surface area contributed by atoms with E-state index in [1.54, 1.807) is 18.2 Å². The van der Waals surface area contributed by atoms with E-state index in [2.05, 4.69) is 10.6 Å². The number of carbonyl (C=O) groups is 3. The van der Waals surface area contributed by atoms with Gasteiger partial charge in [-0.25, -0.2) is 0 Å². The topological polar surface area (TPSA) is 87.7 Å². The monoisotopic (exact) mass is 415 g/mol. The summed E-state index contributed by atoms with van der Waals surface area (Å²) in [5.41, 5.74) is 0.520. The molecule has 1 heterocycles. The van der Waals surface area contributed by atoms with E-state index in [1.165, 1.54) is 4.90 Å². The summed E-state index contributed by atoms with van der Waals surface area (Å²) in [5, 5.41) is 6.29. The van der Waals surface area contributed by atoms with E-state index in [0.29, 0.717) is 28.8 Å². The predicted octanol–water partition coefficient (Wildman–Crippen LogP) is 2.32. The first-order chi connectivity index (χ1) is 12.8. The van der Waals surface area contributed by atoms with Crippen LogP contribution in [-0.4, -0.2) is 55.0 Å². The molecule has 27 heavy (non-hydrogen) atoms. The maximum atomic E-state index is 12.6. The second-order valence-corrected chi connectivity index (χ2v) is 7.42. The minimum absolute atomic E-state index is 0.0785. The zero-order valence-electron chi connectivity index (χ0n) is 15.3. The molecule has 1 aromatic carbocycles. The number of hydrogen-bond donors (Lipinski definition) is 2. The van der Waals surface area contributed by atoms with Gasteiger partial charge in [-0.05, 0) is 18.1 Å². The molecule has 1 aliphatic heterocycles. The summed E-state index contributed by atoms with van der Waals surface area (Å²) in [6, 6.07) is 4.17. The number of rotatable bonds is 7. The van der Waals surface area contributed by atoms with Gasteiger partial charge in [0.25, 0.3) is 0 Å². The van der Waals surface area contributed by atoms with Gasteiger partial charge in [-0.1, -0.05) is 43.1 Å². The number of hydrogen-bond acceptors (Lipinski definition) is 5. The average Bonchev–Trinajstić information content (AvgIpc) is 2.62. The largest absolute Gasteiger partial charge is 0.465 e. The van der Waals surface area contributed by atoms with Crippen LogP contribution in [0.3, 0.4) is 0 Å². The lowest BCUT2D eigenvalue weighted by molar-refractivity contribution is -0.152. The molecule has 148 valence electrons. The van der Waals surface area contributed by atoms with E-state index in [1.807, 2.05) is 13.8 Å². The van der Waals surface area contributed by atoms with Crippen molar-refractivity contribution >= 4 is 46.7 Å². The Bertz CT molecular complexity index is 712. The highest BCUT2D eigenvalue weighted by Crippen LogP contribution is 2.29. The lowest BCUT2D eigenvalue weighted by atomic mass is 10.1. The van der Waals surface area contributed by atoms with Gasteiger partial charge in [0.05, 0.1) is 35.3 Å². The number of nitrogens with zero attached hydrogens (tertiary/aromatic N) is 1. The lowest BCUT2D eigenvalue weighted by Gasteiger charge is -2.34. The van der Waals surface area contributed by atoms with Crippen LogP contribution in [0.1, 0.15) is 20.3 Å². The van der Waals surface area contributed by atoms with Crippen LogP contribution >= 0.6 is 23.2 Å². The zero-order valence-corrected chi connectivity index (χ0v) is 16.8. The zero-order chi connectivity index (χ0) is 20.0. The van der Waals surface area contributed by atoms with Crippen molar-refractivity contribution in [1.82, 2.24) is 10.2 Å². The van der Waals surface area contributed by atoms with Crippen molar-refractivity contribution in [3.63, 3.8) is 0 Å². The minimum Gasteiger partial charge on any atom is -0.465 e. The number of benzene rings is 1. The summed E-state index contributed by atoms with van der Waals surface area (Å²) in [6.07, 6.45) is -0.178. The van der Waals surface area contributed by atoms with Crippen molar-refractivity contribution in [2.24, 2.45) is 5.92 Å². The third-order valence-corrected chi connectivity index (χ3v) is 4.79. The third kappa shape index (κ3) is 6.01. The van der Waals surface area contributed by atoms with Gasteiger partial charge >= 0.3 is 5.97 Å². The predicted molar refractivity (Wildman–Crippen MR) is 104 cm³/mol. The Morgan fingerprint density at radius 2 is 2.11 bits per heavy atom. The van der Waals surface area contributed by atoms with Gasteiger partial charge in [0.2, 0.25) is 11.8 Å². The lowest BCUT2D eigenvalue weighted by Crippen LogP contribution is -2.58. The van der Waals surface area contributed by atoms with Crippen molar-refractivity contribution in [1.29, 1.82) is 0 Å². The first-order valence-corrected chi connectivity index (χ1v) is 9.46. The molecule has 7 nitrogen and oxygen atoms in total. The Morgan fingerprint density at radius 1 is 1.37 bits per heavy atom. The molecule has 1 aromatic rings. The normalized spacial score (nSPS) is 16.9. The van der Waals surface area contributed by atoms with E-state index in [9.17, 15) is 14.4 Å². The summed E-state index contributed by atoms with van der Waals surface area (Å²) in [5.74, 6) is -0.993. The van der Waals surface area contributed by atoms with Gasteiger partial charge in [-0.3, -0.25) is 14.4 Å². The molecule has 9 heteroatoms. The second-order valence-electron chi connectivity index (χ2n) is 6.63. The smallest absolute Gasteiger partial charge is 0.308 e. The molecule has 2 rings (SSSR count). The van der Waals surface area contributed by atoms with E-state index in [0.717, 1.165) is 0 Å². The molecule has 1 atom stereocenters. The number of nitrogens with one attached hydrogen (secondary N) is 2. The number of amides is 2. The van der Waals surface area contributed by atoms with E-state index in [-0.39, 0.29) is 37.3 Å². The maximum absolute atomic E-state index is 12.6. The maximum Gasteiger partial charge on any atom is 0.308 e. The molecule has 2 N–H and O–H groups in total. The number of halogens is 2. The first kappa shape index (κ1) is 21.3. The van der Waals surface area contributed by atoms with Crippen LogP contribution < -0.4 is 10.6 Å². The highest BCUT2D eigenvalue weighted by molar-refractivity contribution is 6.43. The highest BCUT2D eigenvalue weighted by atomic mass is 35.5. The van der Waals surface area contributed by atoms with Crippen LogP contribution in [0.25, 0.3) is 0 Å². The fraction of sp³-hybridized carbons (Fsp3) is 0.500. The number of ether oxygens (including phenoxy) is 1. The summed E-state index contributed by atoms with van der Waals surface area (Å²) < 4.78 is 5.14. The highest BCUT2D eigenvalue weighted by Gasteiger charge is 2.35. The number of anilines is 1. The van der Waals surface area contributed by atoms with E-state index < -0.39 is 12.0 Å². The van der Waals surface area contributed by atoms with Crippen molar-refractivity contribution in [3.8, 4) is 0 Å². The van der Waals surface area contributed by atoms with E-state index >= 15 is 0 Å². The molecule has 1 aliphatic rings. The molecule has 1 fully saturated rings. The van der Waals surface area contributed by atoms with Gasteiger partial charge in [-0.2, -0.15) is 0 Å². The summed E-state index contributed by atoms with van der Waals surface area (Å²) >= 11 is 12.1. The first-order valence-electron chi connectivity index (χ1n) is 8.70. The molecular formula is C18H23Cl2N3O4. The van der Waals surface area contributed by atoms with Crippen molar-refractivity contribution in [2.75, 3.05) is 31.6 Å². The fourth-order valence-electron chi connectivity index (χ4n) is 2.61. The summed E-state index contributed by atoms with van der Waals surface area (Å²) in [4.78, 5) is 38.2. The standard InChI is InChI=1S/C18H23Cl2N3O4/c1-11(2)10-27-16(25)8-14-18(26)21-6-7-23(14)15(24)9-22-13-5-3-4-12(19)17(13)20/h3-5,11,14,22H,6-10H2,1-2H3,(H,21,26). The molecule has 1 unspecified atom stereocenters. The Labute approximate surface area is 168 Å². The van der Waals surface area contributed by atoms with Gasteiger partial charge in [0.15, 0.2) is 0 Å². The second kappa shape index (κ2) is 9.80. The van der Waals surface area contributed by atoms with Gasteiger partial charge in [0.1, 0.15) is 6.04 Å². The SMILES string of the molecule is CC(C)COC(=O)CC1C(=O)NCCN1C(=O)CNc1cccc(Cl)c1Cl. The average molecular weight is 416 g/mol. The number of carbonyl (C=O) groups excluding carboxylic acids is 3. The Morgan fingerprint density at radius 3 is 2.81 bits per heavy atom. The third-order valence-electron chi connectivity index (χ3n) is 3.97. The minimum atomic E-state index is -0.887. The molecule has 0 radical (unpaired) electrons. The van der Waals surface area contributed by atoms with Gasteiger partial charge in [-0.15, -0.1) is 0 Å². The van der Waals surface area contributed by atoms with Crippen LogP contribution in [0.2, 0.25) is 10.0 Å². The molecule has 1 saturated heterocycles. The van der Waals surface area contributed by atoms with E-state index in [4.69, 9.17) is 27.9 Å². The van der Waals surface area contributed by atoms with Gasteiger partial charge < -0.3 is 20.3 Å². The van der Waals surface area contributed by atoms with Crippen molar-refractivity contribution < 1.29 is 19.1 Å². The summed E-state index contributed by atoms with van der Waals surface area (Å²) in [6.45, 7) is 4.69. The molecular weight excluding hydrogens is 393 g/mol. The molecule has 0 aromatic heterocycles. The molecule has 0 bridgehead atoms. The Hall–Kier alpha value is -1.99. The molecule has 0 spiro atoms. The van der Waals surface area contributed by atoms with Crippen LogP contribution in [-0.2, 0) is 19.1 Å². The van der Waals surface area contributed by atoms with Crippen molar-refractivity contribution in [3.05, 3.63) is 28.2 Å².